The van der Waals surface area contributed by atoms with Crippen LogP contribution < -0.4 is 9.46 Å². The Morgan fingerprint density at radius 1 is 1.24 bits per heavy atom. The number of hydrogen-bond donors (Lipinski definition) is 1. The maximum absolute atomic E-state index is 12.4. The van der Waals surface area contributed by atoms with Crippen LogP contribution >= 0.6 is 27.5 Å². The second-order valence-corrected chi connectivity index (χ2v) is 7.08. The van der Waals surface area contributed by atoms with Crippen molar-refractivity contribution < 1.29 is 13.2 Å². The summed E-state index contributed by atoms with van der Waals surface area (Å²) in [6.45, 7) is 2.27. The normalized spacial score (nSPS) is 11.2. The molecule has 0 spiro atoms. The van der Waals surface area contributed by atoms with Crippen molar-refractivity contribution in [3.63, 3.8) is 0 Å². The smallest absolute Gasteiger partial charge is 0.263 e. The average molecular weight is 391 g/mol. The first-order chi connectivity index (χ1) is 9.94. The molecule has 0 bridgehead atoms. The Morgan fingerprint density at radius 3 is 2.62 bits per heavy atom. The molecule has 112 valence electrons. The van der Waals surface area contributed by atoms with E-state index in [9.17, 15) is 8.42 Å². The summed E-state index contributed by atoms with van der Waals surface area (Å²) in [6, 6.07) is 11.4. The van der Waals surface area contributed by atoms with Gasteiger partial charge < -0.3 is 4.74 Å². The molecule has 2 aromatic carbocycles. The highest BCUT2D eigenvalue weighted by molar-refractivity contribution is 9.10. The van der Waals surface area contributed by atoms with Crippen molar-refractivity contribution in [1.82, 2.24) is 0 Å². The van der Waals surface area contributed by atoms with Gasteiger partial charge in [0.15, 0.2) is 0 Å². The molecule has 0 unspecified atom stereocenters. The highest BCUT2D eigenvalue weighted by Crippen LogP contribution is 2.30. The zero-order valence-electron chi connectivity index (χ0n) is 11.1. The zero-order valence-corrected chi connectivity index (χ0v) is 14.3. The molecule has 4 nitrogen and oxygen atoms in total. The summed E-state index contributed by atoms with van der Waals surface area (Å²) in [7, 11) is -3.78. The minimum Gasteiger partial charge on any atom is -0.492 e. The van der Waals surface area contributed by atoms with Crippen molar-refractivity contribution in [2.75, 3.05) is 11.3 Å². The fourth-order valence-electron chi connectivity index (χ4n) is 1.73. The Kier molecular flexibility index (Phi) is 5.13. The van der Waals surface area contributed by atoms with E-state index >= 15 is 0 Å². The van der Waals surface area contributed by atoms with Crippen LogP contribution in [0.25, 0.3) is 0 Å². The Hall–Kier alpha value is -1.24. The lowest BCUT2D eigenvalue weighted by molar-refractivity contribution is 0.342. The molecular formula is C14H13BrClNO3S. The molecule has 0 saturated carbocycles. The van der Waals surface area contributed by atoms with Crippen molar-refractivity contribution >= 4 is 43.2 Å². The minimum atomic E-state index is -3.78. The van der Waals surface area contributed by atoms with Gasteiger partial charge in [0.2, 0.25) is 0 Å². The number of nitrogens with one attached hydrogen (secondary N) is 1. The fraction of sp³-hybridized carbons (Fsp3) is 0.143. The van der Waals surface area contributed by atoms with Crippen LogP contribution in [0.3, 0.4) is 0 Å². The molecule has 0 aliphatic rings. The molecule has 0 aliphatic heterocycles. The number of halogens is 2. The van der Waals surface area contributed by atoms with Crippen molar-refractivity contribution in [3.8, 4) is 5.75 Å². The second-order valence-electron chi connectivity index (χ2n) is 4.11. The first-order valence-corrected chi connectivity index (χ1v) is 8.79. The van der Waals surface area contributed by atoms with E-state index in [2.05, 4.69) is 20.7 Å². The van der Waals surface area contributed by atoms with Gasteiger partial charge in [-0.1, -0.05) is 39.7 Å². The molecule has 1 N–H and O–H groups in total. The summed E-state index contributed by atoms with van der Waals surface area (Å²) < 4.78 is 33.5. The van der Waals surface area contributed by atoms with Crippen LogP contribution in [0.2, 0.25) is 5.02 Å². The van der Waals surface area contributed by atoms with Gasteiger partial charge in [-0.15, -0.1) is 0 Å². The Bertz CT molecular complexity index is 750. The van der Waals surface area contributed by atoms with Crippen LogP contribution in [0.4, 0.5) is 5.69 Å². The largest absolute Gasteiger partial charge is 0.492 e. The summed E-state index contributed by atoms with van der Waals surface area (Å²) in [4.78, 5) is 0.0127. The van der Waals surface area contributed by atoms with Crippen molar-refractivity contribution in [2.45, 2.75) is 11.8 Å². The lowest BCUT2D eigenvalue weighted by Gasteiger charge is -2.13. The fourth-order valence-corrected chi connectivity index (χ4v) is 3.83. The zero-order chi connectivity index (χ0) is 15.5. The first-order valence-electron chi connectivity index (χ1n) is 6.13. The van der Waals surface area contributed by atoms with Crippen LogP contribution in [0, 0.1) is 0 Å². The number of anilines is 1. The molecule has 0 amide bonds. The molecule has 7 heteroatoms. The molecule has 0 fully saturated rings. The van der Waals surface area contributed by atoms with E-state index in [0.717, 1.165) is 0 Å². The summed E-state index contributed by atoms with van der Waals surface area (Å²) in [5, 5.41) is 0.144. The second kappa shape index (κ2) is 6.68. The third kappa shape index (κ3) is 3.90. The van der Waals surface area contributed by atoms with Crippen molar-refractivity contribution in [1.29, 1.82) is 0 Å². The number of ether oxygens (including phenoxy) is 1. The van der Waals surface area contributed by atoms with Gasteiger partial charge in [-0.3, -0.25) is 4.72 Å². The number of hydrogen-bond acceptors (Lipinski definition) is 3. The molecule has 21 heavy (non-hydrogen) atoms. The number of benzene rings is 2. The Balaban J connectivity index is 2.38. The molecule has 0 radical (unpaired) electrons. The predicted molar refractivity (Wildman–Crippen MR) is 87.6 cm³/mol. The highest BCUT2D eigenvalue weighted by atomic mass is 79.9. The van der Waals surface area contributed by atoms with Gasteiger partial charge >= 0.3 is 0 Å². The third-order valence-electron chi connectivity index (χ3n) is 2.61. The molecule has 0 atom stereocenters. The van der Waals surface area contributed by atoms with Gasteiger partial charge in [-0.25, -0.2) is 8.42 Å². The lowest BCUT2D eigenvalue weighted by atomic mass is 10.3. The van der Waals surface area contributed by atoms with Gasteiger partial charge in [0.1, 0.15) is 10.6 Å². The Labute approximate surface area is 137 Å². The van der Waals surface area contributed by atoms with E-state index in [-0.39, 0.29) is 9.92 Å². The summed E-state index contributed by atoms with van der Waals surface area (Å²) >= 11 is 9.24. The van der Waals surface area contributed by atoms with Crippen LogP contribution in [0.1, 0.15) is 6.92 Å². The van der Waals surface area contributed by atoms with Gasteiger partial charge in [-0.2, -0.15) is 0 Å². The predicted octanol–water partition coefficient (Wildman–Crippen LogP) is 4.30. The number of para-hydroxylation sites is 2. The SMILES string of the molecule is CCOc1ccccc1NS(=O)(=O)c1ccc(Br)cc1Cl. The maximum atomic E-state index is 12.4. The lowest BCUT2D eigenvalue weighted by Crippen LogP contribution is -2.14. The van der Waals surface area contributed by atoms with Crippen molar-refractivity contribution in [3.05, 3.63) is 52.0 Å². The minimum absolute atomic E-state index is 0.0127. The first kappa shape index (κ1) is 16.1. The van der Waals surface area contributed by atoms with E-state index in [4.69, 9.17) is 16.3 Å². The van der Waals surface area contributed by atoms with Crippen LogP contribution in [0.15, 0.2) is 51.8 Å². The quantitative estimate of drug-likeness (QED) is 0.828. The van der Waals surface area contributed by atoms with E-state index in [1.165, 1.54) is 12.1 Å². The molecule has 0 saturated heterocycles. The van der Waals surface area contributed by atoms with E-state index < -0.39 is 10.0 Å². The van der Waals surface area contributed by atoms with Gasteiger partial charge in [0, 0.05) is 4.47 Å². The molecule has 0 heterocycles. The summed E-state index contributed by atoms with van der Waals surface area (Å²) in [6.07, 6.45) is 0. The maximum Gasteiger partial charge on any atom is 0.263 e. The molecule has 0 aliphatic carbocycles. The van der Waals surface area contributed by atoms with Gasteiger partial charge in [0.05, 0.1) is 17.3 Å². The topological polar surface area (TPSA) is 55.4 Å². The third-order valence-corrected chi connectivity index (χ3v) is 4.96. The standard InChI is InChI=1S/C14H13BrClNO3S/c1-2-20-13-6-4-3-5-12(13)17-21(18,19)14-8-7-10(15)9-11(14)16/h3-9,17H,2H2,1H3. The number of sulfonamides is 1. The van der Waals surface area contributed by atoms with Gasteiger partial charge in [-0.05, 0) is 37.3 Å². The van der Waals surface area contributed by atoms with Gasteiger partial charge in [0.25, 0.3) is 10.0 Å². The van der Waals surface area contributed by atoms with E-state index in [1.54, 1.807) is 30.3 Å². The van der Waals surface area contributed by atoms with E-state index in [0.29, 0.717) is 22.5 Å². The Morgan fingerprint density at radius 2 is 1.95 bits per heavy atom. The number of rotatable bonds is 5. The van der Waals surface area contributed by atoms with Crippen LogP contribution in [-0.2, 0) is 10.0 Å². The monoisotopic (exact) mass is 389 g/mol. The summed E-state index contributed by atoms with van der Waals surface area (Å²) in [5.41, 5.74) is 0.373. The molecular weight excluding hydrogens is 378 g/mol. The highest BCUT2D eigenvalue weighted by Gasteiger charge is 2.19. The molecule has 0 aromatic heterocycles. The summed E-state index contributed by atoms with van der Waals surface area (Å²) in [5.74, 6) is 0.469. The van der Waals surface area contributed by atoms with E-state index in [1.807, 2.05) is 6.92 Å². The van der Waals surface area contributed by atoms with Crippen LogP contribution in [-0.4, -0.2) is 15.0 Å². The van der Waals surface area contributed by atoms with Crippen LogP contribution in [0.5, 0.6) is 5.75 Å². The average Bonchev–Trinajstić information content (AvgIpc) is 2.40. The molecule has 2 aromatic rings. The van der Waals surface area contributed by atoms with Crippen molar-refractivity contribution in [2.24, 2.45) is 0 Å². The molecule has 2 rings (SSSR count).